The van der Waals surface area contributed by atoms with Crippen LogP contribution in [0.4, 0.5) is 0 Å². The molecule has 0 spiro atoms. The van der Waals surface area contributed by atoms with Crippen LogP contribution in [0.3, 0.4) is 0 Å². The van der Waals surface area contributed by atoms with Crippen molar-refractivity contribution < 1.29 is 14.6 Å². The Kier molecular flexibility index (Phi) is 9.75. The van der Waals surface area contributed by atoms with Gasteiger partial charge in [-0.05, 0) is 87.2 Å². The van der Waals surface area contributed by atoms with Gasteiger partial charge in [-0.1, -0.05) is 57.8 Å². The van der Waals surface area contributed by atoms with Crippen LogP contribution in [0.5, 0.6) is 11.5 Å². The first-order chi connectivity index (χ1) is 18.7. The molecule has 5 heteroatoms. The van der Waals surface area contributed by atoms with Crippen LogP contribution in [-0.4, -0.2) is 42.0 Å². The average molecular weight is 534 g/mol. The summed E-state index contributed by atoms with van der Waals surface area (Å²) in [7, 11) is 0. The normalized spacial score (nSPS) is 18.7. The minimum atomic E-state index is 0.0895. The van der Waals surface area contributed by atoms with Crippen molar-refractivity contribution in [1.82, 2.24) is 4.90 Å². The number of ketones is 1. The molecule has 0 amide bonds. The lowest BCUT2D eigenvalue weighted by molar-refractivity contribution is 0.103. The van der Waals surface area contributed by atoms with Gasteiger partial charge in [0.05, 0.1) is 0 Å². The molecule has 0 atom stereocenters. The van der Waals surface area contributed by atoms with Crippen molar-refractivity contribution >= 4 is 27.2 Å². The Balaban J connectivity index is 1.36. The van der Waals surface area contributed by atoms with Crippen LogP contribution >= 0.6 is 11.3 Å². The van der Waals surface area contributed by atoms with Crippen molar-refractivity contribution in [2.75, 3.05) is 26.2 Å². The molecule has 2 aromatic carbocycles. The second-order valence-electron chi connectivity index (χ2n) is 11.2. The monoisotopic (exact) mass is 533 g/mol. The number of likely N-dealkylation sites (tertiary alicyclic amines) is 1. The molecule has 5 rings (SSSR count). The van der Waals surface area contributed by atoms with Crippen LogP contribution in [0, 0.1) is 0 Å². The molecule has 0 bridgehead atoms. The highest BCUT2D eigenvalue weighted by Gasteiger charge is 2.26. The highest BCUT2D eigenvalue weighted by molar-refractivity contribution is 7.19. The number of hydrogen-bond donors (Lipinski definition) is 1. The third kappa shape index (κ3) is 6.98. The number of thiophene rings is 1. The Labute approximate surface area is 232 Å². The summed E-state index contributed by atoms with van der Waals surface area (Å²) in [5.41, 5.74) is 1.56. The first-order valence-corrected chi connectivity index (χ1v) is 15.8. The molecule has 0 unspecified atom stereocenters. The fraction of sp³-hybridized carbons (Fsp3) is 0.545. The van der Waals surface area contributed by atoms with Gasteiger partial charge in [-0.15, -0.1) is 11.3 Å². The van der Waals surface area contributed by atoms with E-state index in [1.807, 2.05) is 36.4 Å². The third-order valence-corrected chi connectivity index (χ3v) is 9.71. The summed E-state index contributed by atoms with van der Waals surface area (Å²) in [6.07, 6.45) is 16.6. The zero-order chi connectivity index (χ0) is 26.2. The van der Waals surface area contributed by atoms with E-state index in [2.05, 4.69) is 4.90 Å². The number of fused-ring (bicyclic) bond motifs is 1. The van der Waals surface area contributed by atoms with Gasteiger partial charge in [0.2, 0.25) is 0 Å². The smallest absolute Gasteiger partial charge is 0.194 e. The summed E-state index contributed by atoms with van der Waals surface area (Å²) in [4.78, 5) is 17.7. The molecule has 2 heterocycles. The first kappa shape index (κ1) is 27.2. The Bertz CT molecular complexity index is 1170. The molecular formula is C33H43NO3S. The lowest BCUT2D eigenvalue weighted by atomic mass is 9.88. The SMILES string of the molecule is O=C(c1ccc(OCCN2CCCC2)cc1)c1c(C2CCCCCCCCCCC2)sc2cc(O)ccc12. The van der Waals surface area contributed by atoms with Gasteiger partial charge in [0.25, 0.3) is 0 Å². The lowest BCUT2D eigenvalue weighted by Gasteiger charge is -2.18. The van der Waals surface area contributed by atoms with Crippen LogP contribution < -0.4 is 4.74 Å². The van der Waals surface area contributed by atoms with E-state index in [0.29, 0.717) is 18.1 Å². The molecule has 38 heavy (non-hydrogen) atoms. The highest BCUT2D eigenvalue weighted by atomic mass is 32.1. The van der Waals surface area contributed by atoms with Crippen molar-refractivity contribution in [1.29, 1.82) is 0 Å². The van der Waals surface area contributed by atoms with E-state index < -0.39 is 0 Å². The molecule has 2 fully saturated rings. The molecule has 1 saturated heterocycles. The van der Waals surface area contributed by atoms with Crippen LogP contribution in [0.2, 0.25) is 0 Å². The van der Waals surface area contributed by atoms with Crippen LogP contribution in [0.25, 0.3) is 10.1 Å². The van der Waals surface area contributed by atoms with Gasteiger partial charge in [-0.25, -0.2) is 0 Å². The second kappa shape index (κ2) is 13.6. The van der Waals surface area contributed by atoms with Crippen molar-refractivity contribution in [2.45, 2.75) is 89.4 Å². The van der Waals surface area contributed by atoms with Gasteiger partial charge >= 0.3 is 0 Å². The van der Waals surface area contributed by atoms with Crippen LogP contribution in [0.15, 0.2) is 42.5 Å². The summed E-state index contributed by atoms with van der Waals surface area (Å²) in [6, 6.07) is 13.2. The number of ether oxygens (including phenoxy) is 1. The Morgan fingerprint density at radius 1 is 0.842 bits per heavy atom. The van der Waals surface area contributed by atoms with E-state index in [0.717, 1.165) is 40.8 Å². The topological polar surface area (TPSA) is 49.8 Å². The summed E-state index contributed by atoms with van der Waals surface area (Å²) < 4.78 is 6.99. The summed E-state index contributed by atoms with van der Waals surface area (Å²) >= 11 is 1.72. The number of aromatic hydroxyl groups is 1. The molecule has 1 aromatic heterocycles. The summed E-state index contributed by atoms with van der Waals surface area (Å²) in [5, 5.41) is 11.2. The Hall–Kier alpha value is -2.37. The van der Waals surface area contributed by atoms with Crippen molar-refractivity contribution in [2.24, 2.45) is 0 Å². The predicted molar refractivity (Wildman–Crippen MR) is 158 cm³/mol. The zero-order valence-corrected chi connectivity index (χ0v) is 23.6. The fourth-order valence-electron chi connectivity index (χ4n) is 6.20. The largest absolute Gasteiger partial charge is 0.508 e. The van der Waals surface area contributed by atoms with E-state index in [9.17, 15) is 9.90 Å². The first-order valence-electron chi connectivity index (χ1n) is 14.9. The number of benzene rings is 2. The van der Waals surface area contributed by atoms with Crippen molar-refractivity contribution in [3.05, 3.63) is 58.5 Å². The van der Waals surface area contributed by atoms with Gasteiger partial charge in [-0.2, -0.15) is 0 Å². The molecule has 0 radical (unpaired) electrons. The molecular weight excluding hydrogens is 490 g/mol. The van der Waals surface area contributed by atoms with E-state index in [1.54, 1.807) is 17.4 Å². The van der Waals surface area contributed by atoms with Gasteiger partial charge in [0, 0.05) is 32.6 Å². The standard InChI is InChI=1S/C33H43NO3S/c35-27-16-19-29-30(24-27)38-33(26-12-8-6-4-2-1-3-5-7-9-13-26)31(29)32(36)25-14-17-28(18-15-25)37-23-22-34-20-10-11-21-34/h14-19,24,26,35H,1-13,20-23H2. The lowest BCUT2D eigenvalue weighted by Crippen LogP contribution is -2.25. The van der Waals surface area contributed by atoms with E-state index in [1.165, 1.54) is 88.6 Å². The number of carbonyl (C=O) groups is 1. The zero-order valence-electron chi connectivity index (χ0n) is 22.8. The summed E-state index contributed by atoms with van der Waals surface area (Å²) in [6.45, 7) is 3.98. The van der Waals surface area contributed by atoms with Gasteiger partial charge in [0.15, 0.2) is 5.78 Å². The molecule has 2 aliphatic rings. The quantitative estimate of drug-likeness (QED) is 0.309. The third-order valence-electron chi connectivity index (χ3n) is 8.40. The molecule has 204 valence electrons. The van der Waals surface area contributed by atoms with Crippen molar-refractivity contribution in [3.8, 4) is 11.5 Å². The highest BCUT2D eigenvalue weighted by Crippen LogP contribution is 2.43. The number of phenolic OH excluding ortho intramolecular Hbond substituents is 1. The maximum absolute atomic E-state index is 14.0. The molecule has 3 aromatic rings. The Morgan fingerprint density at radius 2 is 1.47 bits per heavy atom. The van der Waals surface area contributed by atoms with Gasteiger partial charge in [-0.3, -0.25) is 9.69 Å². The van der Waals surface area contributed by atoms with E-state index in [-0.39, 0.29) is 11.5 Å². The van der Waals surface area contributed by atoms with Crippen molar-refractivity contribution in [3.63, 3.8) is 0 Å². The number of nitrogens with zero attached hydrogens (tertiary/aromatic N) is 1. The number of hydrogen-bond acceptors (Lipinski definition) is 5. The molecule has 1 aliphatic carbocycles. The predicted octanol–water partition coefficient (Wildman–Crippen LogP) is 8.70. The van der Waals surface area contributed by atoms with Crippen LogP contribution in [-0.2, 0) is 0 Å². The van der Waals surface area contributed by atoms with Gasteiger partial charge < -0.3 is 9.84 Å². The maximum Gasteiger partial charge on any atom is 0.194 e. The molecule has 1 saturated carbocycles. The second-order valence-corrected chi connectivity index (χ2v) is 12.3. The Morgan fingerprint density at radius 3 is 2.13 bits per heavy atom. The van der Waals surface area contributed by atoms with E-state index in [4.69, 9.17) is 4.74 Å². The number of phenols is 1. The molecule has 1 aliphatic heterocycles. The van der Waals surface area contributed by atoms with Gasteiger partial charge in [0.1, 0.15) is 18.1 Å². The maximum atomic E-state index is 14.0. The molecule has 1 N–H and O–H groups in total. The van der Waals surface area contributed by atoms with Crippen LogP contribution in [0.1, 0.15) is 110 Å². The average Bonchev–Trinajstić information content (AvgIpc) is 3.57. The number of carbonyl (C=O) groups excluding carboxylic acids is 1. The minimum Gasteiger partial charge on any atom is -0.508 e. The minimum absolute atomic E-state index is 0.0895. The van der Waals surface area contributed by atoms with E-state index >= 15 is 0 Å². The fourth-order valence-corrected chi connectivity index (χ4v) is 7.60. The molecule has 4 nitrogen and oxygen atoms in total. The number of rotatable bonds is 7. The summed E-state index contributed by atoms with van der Waals surface area (Å²) in [5.74, 6) is 1.58.